The first-order chi connectivity index (χ1) is 11.8. The van der Waals surface area contributed by atoms with Crippen molar-refractivity contribution >= 4 is 17.3 Å². The molecule has 0 unspecified atom stereocenters. The number of para-hydroxylation sites is 1. The number of nitriles is 1. The molecule has 0 aliphatic rings. The number of aromatic nitrogens is 2. The lowest BCUT2D eigenvalue weighted by Crippen LogP contribution is -2.15. The van der Waals surface area contributed by atoms with Crippen LogP contribution < -0.4 is 4.74 Å². The van der Waals surface area contributed by atoms with Crippen LogP contribution >= 0.6 is 11.3 Å². The number of carbonyl (C=O) groups is 1. The number of hydrogen-bond acceptors (Lipinski definition) is 8. The fourth-order valence-corrected chi connectivity index (χ4v) is 2.47. The Morgan fingerprint density at radius 3 is 2.96 bits per heavy atom. The lowest BCUT2D eigenvalue weighted by molar-refractivity contribution is -0.148. The molecule has 0 radical (unpaired) electrons. The third-order valence-electron chi connectivity index (χ3n) is 2.92. The third-order valence-corrected chi connectivity index (χ3v) is 3.79. The molecule has 0 bridgehead atoms. The van der Waals surface area contributed by atoms with Crippen molar-refractivity contribution in [3.8, 4) is 22.5 Å². The molecule has 3 rings (SSSR count). The number of nitrogens with zero attached hydrogens (tertiary/aromatic N) is 3. The number of ether oxygens (including phenoxy) is 2. The van der Waals surface area contributed by atoms with Gasteiger partial charge in [-0.25, -0.2) is 4.79 Å². The highest BCUT2D eigenvalue weighted by Gasteiger charge is 2.12. The summed E-state index contributed by atoms with van der Waals surface area (Å²) in [6.45, 7) is -0.453. The summed E-state index contributed by atoms with van der Waals surface area (Å²) >= 11 is 1.48. The van der Waals surface area contributed by atoms with Crippen molar-refractivity contribution in [3.05, 3.63) is 53.2 Å². The van der Waals surface area contributed by atoms with Crippen LogP contribution in [0, 0.1) is 11.3 Å². The molecule has 3 aromatic rings. The molecule has 0 aliphatic carbocycles. The highest BCUT2D eigenvalue weighted by molar-refractivity contribution is 7.13. The fourth-order valence-electron chi connectivity index (χ4n) is 1.82. The van der Waals surface area contributed by atoms with Crippen molar-refractivity contribution < 1.29 is 18.8 Å². The highest BCUT2D eigenvalue weighted by Crippen LogP contribution is 2.21. The predicted molar refractivity (Wildman–Crippen MR) is 84.1 cm³/mol. The Labute approximate surface area is 141 Å². The number of benzene rings is 1. The van der Waals surface area contributed by atoms with Gasteiger partial charge in [-0.15, -0.1) is 11.3 Å². The van der Waals surface area contributed by atoms with Crippen LogP contribution in [0.15, 0.2) is 46.3 Å². The average molecular weight is 341 g/mol. The SMILES string of the molecule is N#Cc1ccccc1OCC(=O)OCc1nc(-c2cccs2)no1. The molecule has 2 aromatic heterocycles. The van der Waals surface area contributed by atoms with Crippen LogP contribution in [-0.2, 0) is 16.1 Å². The van der Waals surface area contributed by atoms with Gasteiger partial charge in [0.1, 0.15) is 11.8 Å². The number of rotatable bonds is 6. The zero-order chi connectivity index (χ0) is 16.8. The van der Waals surface area contributed by atoms with Crippen molar-refractivity contribution in [1.82, 2.24) is 10.1 Å². The molecule has 0 aliphatic heterocycles. The topological polar surface area (TPSA) is 98.2 Å². The molecule has 0 fully saturated rings. The van der Waals surface area contributed by atoms with Gasteiger partial charge < -0.3 is 14.0 Å². The second-order valence-corrected chi connectivity index (χ2v) is 5.49. The first-order valence-corrected chi connectivity index (χ1v) is 7.78. The summed E-state index contributed by atoms with van der Waals surface area (Å²) in [7, 11) is 0. The van der Waals surface area contributed by atoms with E-state index in [4.69, 9.17) is 19.3 Å². The summed E-state index contributed by atoms with van der Waals surface area (Å²) in [5.74, 6) is 0.382. The standard InChI is InChI=1S/C16H11N3O4S/c17-8-11-4-1-2-5-12(11)21-10-15(20)22-9-14-18-16(19-23-14)13-6-3-7-24-13/h1-7H,9-10H2. The van der Waals surface area contributed by atoms with Crippen LogP contribution in [0.4, 0.5) is 0 Å². The zero-order valence-corrected chi connectivity index (χ0v) is 13.2. The second kappa shape index (κ2) is 7.39. The Morgan fingerprint density at radius 1 is 1.29 bits per heavy atom. The van der Waals surface area contributed by atoms with E-state index in [1.807, 2.05) is 23.6 Å². The van der Waals surface area contributed by atoms with Gasteiger partial charge >= 0.3 is 5.97 Å². The molecule has 1 aromatic carbocycles. The van der Waals surface area contributed by atoms with Crippen molar-refractivity contribution in [1.29, 1.82) is 5.26 Å². The van der Waals surface area contributed by atoms with E-state index in [2.05, 4.69) is 10.1 Å². The van der Waals surface area contributed by atoms with Crippen LogP contribution in [0.5, 0.6) is 5.75 Å². The minimum absolute atomic E-state index is 0.138. The summed E-state index contributed by atoms with van der Waals surface area (Å²) in [6, 6.07) is 12.4. The lowest BCUT2D eigenvalue weighted by atomic mass is 10.2. The van der Waals surface area contributed by atoms with E-state index in [-0.39, 0.29) is 19.1 Å². The molecule has 0 amide bonds. The molecule has 8 heteroatoms. The van der Waals surface area contributed by atoms with E-state index in [1.165, 1.54) is 11.3 Å². The summed E-state index contributed by atoms with van der Waals surface area (Å²) in [5, 5.41) is 14.7. The smallest absolute Gasteiger partial charge is 0.344 e. The zero-order valence-electron chi connectivity index (χ0n) is 12.3. The number of carbonyl (C=O) groups excluding carboxylic acids is 1. The normalized spacial score (nSPS) is 10.1. The summed E-state index contributed by atoms with van der Waals surface area (Å²) in [5.41, 5.74) is 0.350. The minimum atomic E-state index is -0.599. The van der Waals surface area contributed by atoms with Gasteiger partial charge in [0.15, 0.2) is 13.2 Å². The summed E-state index contributed by atoms with van der Waals surface area (Å²) < 4.78 is 15.3. The largest absolute Gasteiger partial charge is 0.481 e. The van der Waals surface area contributed by atoms with E-state index in [1.54, 1.807) is 24.3 Å². The molecule has 0 spiro atoms. The third kappa shape index (κ3) is 3.77. The van der Waals surface area contributed by atoms with E-state index in [9.17, 15) is 4.79 Å². The molecule has 24 heavy (non-hydrogen) atoms. The van der Waals surface area contributed by atoms with Gasteiger partial charge in [0, 0.05) is 0 Å². The Hall–Kier alpha value is -3.18. The Balaban J connectivity index is 1.50. The van der Waals surface area contributed by atoms with E-state index < -0.39 is 5.97 Å². The Morgan fingerprint density at radius 2 is 2.17 bits per heavy atom. The van der Waals surface area contributed by atoms with Crippen molar-refractivity contribution in [2.45, 2.75) is 6.61 Å². The molecule has 0 saturated carbocycles. The van der Waals surface area contributed by atoms with Gasteiger partial charge in [0.05, 0.1) is 10.4 Å². The molecule has 2 heterocycles. The first-order valence-electron chi connectivity index (χ1n) is 6.90. The van der Waals surface area contributed by atoms with Crippen LogP contribution in [0.2, 0.25) is 0 Å². The van der Waals surface area contributed by atoms with E-state index >= 15 is 0 Å². The van der Waals surface area contributed by atoms with Gasteiger partial charge in [-0.1, -0.05) is 23.4 Å². The number of thiophene rings is 1. The first kappa shape index (κ1) is 15.7. The van der Waals surface area contributed by atoms with Crippen LogP contribution in [0.25, 0.3) is 10.7 Å². The van der Waals surface area contributed by atoms with Gasteiger partial charge in [-0.3, -0.25) is 0 Å². The summed E-state index contributed by atoms with van der Waals surface area (Å²) in [4.78, 5) is 16.7. The molecule has 120 valence electrons. The van der Waals surface area contributed by atoms with Crippen LogP contribution in [0.1, 0.15) is 11.5 Å². The molecule has 0 N–H and O–H groups in total. The monoisotopic (exact) mass is 341 g/mol. The van der Waals surface area contributed by atoms with Crippen LogP contribution in [0.3, 0.4) is 0 Å². The fraction of sp³-hybridized carbons (Fsp3) is 0.125. The molecule has 0 saturated heterocycles. The molecular formula is C16H11N3O4S. The molecule has 0 atom stereocenters. The predicted octanol–water partition coefficient (Wildman–Crippen LogP) is 2.79. The van der Waals surface area contributed by atoms with Crippen molar-refractivity contribution in [2.75, 3.05) is 6.61 Å². The highest BCUT2D eigenvalue weighted by atomic mass is 32.1. The maximum absolute atomic E-state index is 11.7. The molecule has 7 nitrogen and oxygen atoms in total. The summed E-state index contributed by atoms with van der Waals surface area (Å²) in [6.07, 6.45) is 0. The van der Waals surface area contributed by atoms with Crippen molar-refractivity contribution in [2.24, 2.45) is 0 Å². The van der Waals surface area contributed by atoms with E-state index in [0.717, 1.165) is 4.88 Å². The quantitative estimate of drug-likeness (QED) is 0.636. The number of hydrogen-bond donors (Lipinski definition) is 0. The lowest BCUT2D eigenvalue weighted by Gasteiger charge is -2.06. The van der Waals surface area contributed by atoms with Gasteiger partial charge in [0.25, 0.3) is 5.89 Å². The van der Waals surface area contributed by atoms with E-state index in [0.29, 0.717) is 17.1 Å². The van der Waals surface area contributed by atoms with Gasteiger partial charge in [-0.2, -0.15) is 10.2 Å². The average Bonchev–Trinajstić information content (AvgIpc) is 3.29. The van der Waals surface area contributed by atoms with Crippen molar-refractivity contribution in [3.63, 3.8) is 0 Å². The van der Waals surface area contributed by atoms with Gasteiger partial charge in [0.2, 0.25) is 5.82 Å². The Kier molecular flexibility index (Phi) is 4.84. The second-order valence-electron chi connectivity index (χ2n) is 4.55. The number of esters is 1. The van der Waals surface area contributed by atoms with Gasteiger partial charge in [-0.05, 0) is 23.6 Å². The Bertz CT molecular complexity index is 868. The maximum Gasteiger partial charge on any atom is 0.344 e. The maximum atomic E-state index is 11.7. The molecular weight excluding hydrogens is 330 g/mol. The van der Waals surface area contributed by atoms with Crippen LogP contribution in [-0.4, -0.2) is 22.7 Å². The minimum Gasteiger partial charge on any atom is -0.481 e.